The monoisotopic (exact) mass is 264 g/mol. The normalized spacial score (nSPS) is 10.1. The summed E-state index contributed by atoms with van der Waals surface area (Å²) in [7, 11) is 0. The van der Waals surface area contributed by atoms with Gasteiger partial charge in [0.2, 0.25) is 5.91 Å². The highest BCUT2D eigenvalue weighted by molar-refractivity contribution is 6.34. The molecule has 0 aliphatic carbocycles. The molecule has 94 valence electrons. The van der Waals surface area contributed by atoms with E-state index >= 15 is 0 Å². The summed E-state index contributed by atoms with van der Waals surface area (Å²) in [4.78, 5) is 10.9. The van der Waals surface area contributed by atoms with Crippen molar-refractivity contribution in [1.82, 2.24) is 0 Å². The molecule has 18 heavy (non-hydrogen) atoms. The van der Waals surface area contributed by atoms with Gasteiger partial charge >= 0.3 is 0 Å². The Morgan fingerprint density at radius 3 is 2.83 bits per heavy atom. The van der Waals surface area contributed by atoms with E-state index in [0.717, 1.165) is 11.3 Å². The van der Waals surface area contributed by atoms with Crippen LogP contribution in [0.3, 0.4) is 0 Å². The summed E-state index contributed by atoms with van der Waals surface area (Å²) < 4.78 is 4.98. The van der Waals surface area contributed by atoms with Crippen molar-refractivity contribution in [1.29, 1.82) is 0 Å². The molecule has 2 rings (SSSR count). The van der Waals surface area contributed by atoms with E-state index < -0.39 is 0 Å². The van der Waals surface area contributed by atoms with Crippen LogP contribution in [0.1, 0.15) is 12.5 Å². The second-order valence-corrected chi connectivity index (χ2v) is 4.27. The lowest BCUT2D eigenvalue weighted by Gasteiger charge is -2.09. The van der Waals surface area contributed by atoms with Crippen molar-refractivity contribution in [3.05, 3.63) is 47.4 Å². The van der Waals surface area contributed by atoms with Crippen LogP contribution in [0, 0.1) is 0 Å². The number of halogens is 1. The predicted octanol–water partition coefficient (Wildman–Crippen LogP) is 3.50. The lowest BCUT2D eigenvalue weighted by atomic mass is 10.2. The minimum absolute atomic E-state index is 0.143. The van der Waals surface area contributed by atoms with Crippen LogP contribution in [0.5, 0.6) is 0 Å². The van der Waals surface area contributed by atoms with Gasteiger partial charge in [0, 0.05) is 24.7 Å². The third kappa shape index (κ3) is 3.28. The maximum atomic E-state index is 10.9. The Morgan fingerprint density at radius 2 is 2.22 bits per heavy atom. The zero-order chi connectivity index (χ0) is 13.0. The van der Waals surface area contributed by atoms with E-state index in [2.05, 4.69) is 10.6 Å². The minimum atomic E-state index is -0.143. The number of nitrogens with one attached hydrogen (secondary N) is 2. The first-order valence-corrected chi connectivity index (χ1v) is 5.85. The van der Waals surface area contributed by atoms with Gasteiger partial charge < -0.3 is 15.1 Å². The maximum absolute atomic E-state index is 10.9. The number of benzene rings is 1. The van der Waals surface area contributed by atoms with Gasteiger partial charge in [0.1, 0.15) is 0 Å². The van der Waals surface area contributed by atoms with Gasteiger partial charge in [-0.2, -0.15) is 0 Å². The third-order valence-corrected chi connectivity index (χ3v) is 2.67. The van der Waals surface area contributed by atoms with E-state index in [9.17, 15) is 4.79 Å². The summed E-state index contributed by atoms with van der Waals surface area (Å²) in [5.74, 6) is -0.143. The molecule has 0 spiro atoms. The Balaban J connectivity index is 2.02. The second kappa shape index (κ2) is 5.60. The van der Waals surface area contributed by atoms with E-state index in [1.165, 1.54) is 6.92 Å². The SMILES string of the molecule is CC(=O)Nc1ccc(NCc2ccoc2)cc1Cl. The topological polar surface area (TPSA) is 54.3 Å². The van der Waals surface area contributed by atoms with Crippen molar-refractivity contribution in [3.63, 3.8) is 0 Å². The molecular weight excluding hydrogens is 252 g/mol. The molecule has 0 aliphatic rings. The van der Waals surface area contributed by atoms with E-state index in [1.54, 1.807) is 24.7 Å². The maximum Gasteiger partial charge on any atom is 0.221 e. The van der Waals surface area contributed by atoms with Gasteiger partial charge in [0.25, 0.3) is 0 Å². The highest BCUT2D eigenvalue weighted by atomic mass is 35.5. The van der Waals surface area contributed by atoms with Gasteiger partial charge in [0.05, 0.1) is 23.2 Å². The molecule has 5 heteroatoms. The Hall–Kier alpha value is -1.94. The first-order chi connectivity index (χ1) is 8.65. The van der Waals surface area contributed by atoms with Crippen LogP contribution in [-0.2, 0) is 11.3 Å². The van der Waals surface area contributed by atoms with Crippen molar-refractivity contribution in [2.45, 2.75) is 13.5 Å². The molecule has 0 atom stereocenters. The highest BCUT2D eigenvalue weighted by Gasteiger charge is 2.03. The zero-order valence-electron chi connectivity index (χ0n) is 9.87. The van der Waals surface area contributed by atoms with Gasteiger partial charge in [-0.25, -0.2) is 0 Å². The number of furan rings is 1. The summed E-state index contributed by atoms with van der Waals surface area (Å²) in [5.41, 5.74) is 2.55. The fourth-order valence-corrected chi connectivity index (χ4v) is 1.74. The lowest BCUT2D eigenvalue weighted by molar-refractivity contribution is -0.114. The fraction of sp³-hybridized carbons (Fsp3) is 0.154. The Labute approximate surface area is 110 Å². The van der Waals surface area contributed by atoms with E-state index in [4.69, 9.17) is 16.0 Å². The molecule has 0 radical (unpaired) electrons. The molecule has 1 amide bonds. The molecule has 0 fully saturated rings. The number of hydrogen-bond acceptors (Lipinski definition) is 3. The number of carbonyl (C=O) groups excluding carboxylic acids is 1. The molecule has 2 aromatic rings. The molecule has 1 aromatic heterocycles. The molecule has 0 saturated carbocycles. The molecule has 0 aliphatic heterocycles. The van der Waals surface area contributed by atoms with E-state index in [1.807, 2.05) is 12.1 Å². The molecule has 2 N–H and O–H groups in total. The van der Waals surface area contributed by atoms with Crippen LogP contribution in [-0.4, -0.2) is 5.91 Å². The Morgan fingerprint density at radius 1 is 1.39 bits per heavy atom. The molecular formula is C13H13ClN2O2. The Kier molecular flexibility index (Phi) is 3.89. The predicted molar refractivity (Wildman–Crippen MR) is 71.8 cm³/mol. The lowest BCUT2D eigenvalue weighted by Crippen LogP contribution is -2.06. The molecule has 0 unspecified atom stereocenters. The van der Waals surface area contributed by atoms with Crippen molar-refractivity contribution in [2.75, 3.05) is 10.6 Å². The standard InChI is InChI=1S/C13H13ClN2O2/c1-9(17)16-13-3-2-11(6-12(13)14)15-7-10-4-5-18-8-10/h2-6,8,15H,7H2,1H3,(H,16,17). The minimum Gasteiger partial charge on any atom is -0.472 e. The summed E-state index contributed by atoms with van der Waals surface area (Å²) in [6.45, 7) is 2.10. The number of carbonyl (C=O) groups is 1. The third-order valence-electron chi connectivity index (χ3n) is 2.36. The smallest absolute Gasteiger partial charge is 0.221 e. The van der Waals surface area contributed by atoms with E-state index in [0.29, 0.717) is 17.3 Å². The van der Waals surface area contributed by atoms with Crippen molar-refractivity contribution in [2.24, 2.45) is 0 Å². The molecule has 0 bridgehead atoms. The van der Waals surface area contributed by atoms with Gasteiger partial charge in [-0.05, 0) is 24.3 Å². The van der Waals surface area contributed by atoms with E-state index in [-0.39, 0.29) is 5.91 Å². The van der Waals surface area contributed by atoms with Gasteiger partial charge in [-0.3, -0.25) is 4.79 Å². The van der Waals surface area contributed by atoms with Crippen LogP contribution < -0.4 is 10.6 Å². The van der Waals surface area contributed by atoms with Crippen molar-refractivity contribution < 1.29 is 9.21 Å². The molecule has 1 heterocycles. The second-order valence-electron chi connectivity index (χ2n) is 3.86. The summed E-state index contributed by atoms with van der Waals surface area (Å²) in [6, 6.07) is 7.28. The van der Waals surface area contributed by atoms with Gasteiger partial charge in [0.15, 0.2) is 0 Å². The van der Waals surface area contributed by atoms with Crippen molar-refractivity contribution >= 4 is 28.9 Å². The quantitative estimate of drug-likeness (QED) is 0.889. The Bertz CT molecular complexity index is 538. The molecule has 1 aromatic carbocycles. The average Bonchev–Trinajstić information content (AvgIpc) is 2.82. The fourth-order valence-electron chi connectivity index (χ4n) is 1.51. The van der Waals surface area contributed by atoms with Gasteiger partial charge in [-0.1, -0.05) is 11.6 Å². The molecule has 4 nitrogen and oxygen atoms in total. The highest BCUT2D eigenvalue weighted by Crippen LogP contribution is 2.25. The van der Waals surface area contributed by atoms with Crippen LogP contribution in [0.2, 0.25) is 5.02 Å². The number of amides is 1. The van der Waals surface area contributed by atoms with Crippen LogP contribution in [0.4, 0.5) is 11.4 Å². The first kappa shape index (κ1) is 12.5. The summed E-state index contributed by atoms with van der Waals surface area (Å²) in [5, 5.41) is 6.37. The van der Waals surface area contributed by atoms with Gasteiger partial charge in [-0.15, -0.1) is 0 Å². The van der Waals surface area contributed by atoms with Crippen LogP contribution in [0.15, 0.2) is 41.2 Å². The van der Waals surface area contributed by atoms with Crippen LogP contribution in [0.25, 0.3) is 0 Å². The van der Waals surface area contributed by atoms with Crippen molar-refractivity contribution in [3.8, 4) is 0 Å². The number of hydrogen-bond donors (Lipinski definition) is 2. The van der Waals surface area contributed by atoms with Crippen LogP contribution >= 0.6 is 11.6 Å². The summed E-state index contributed by atoms with van der Waals surface area (Å²) >= 11 is 6.06. The number of anilines is 2. The summed E-state index contributed by atoms with van der Waals surface area (Å²) in [6.07, 6.45) is 3.31. The molecule has 0 saturated heterocycles. The largest absolute Gasteiger partial charge is 0.472 e. The number of rotatable bonds is 4. The first-order valence-electron chi connectivity index (χ1n) is 5.47. The zero-order valence-corrected chi connectivity index (χ0v) is 10.6. The average molecular weight is 265 g/mol.